The van der Waals surface area contributed by atoms with Crippen LogP contribution >= 0.6 is 11.8 Å². The Morgan fingerprint density at radius 2 is 1.69 bits per heavy atom. The van der Waals surface area contributed by atoms with Crippen LogP contribution < -0.4 is 10.6 Å². The van der Waals surface area contributed by atoms with E-state index in [1.807, 2.05) is 30.3 Å². The van der Waals surface area contributed by atoms with Crippen LogP contribution in [0.3, 0.4) is 0 Å². The molecule has 8 heteroatoms. The highest BCUT2D eigenvalue weighted by atomic mass is 32.2. The molecule has 0 radical (unpaired) electrons. The zero-order chi connectivity index (χ0) is 24.5. The molecular weight excluding hydrogens is 460 g/mol. The number of thioether (sulfide) groups is 1. The Balaban J connectivity index is 1.28. The smallest absolute Gasteiger partial charge is 0.239 e. The van der Waals surface area contributed by atoms with Crippen molar-refractivity contribution in [2.75, 3.05) is 51.6 Å². The molecule has 4 rings (SSSR count). The summed E-state index contributed by atoms with van der Waals surface area (Å²) in [6.45, 7) is 4.84. The lowest BCUT2D eigenvalue weighted by atomic mass is 9.75. The van der Waals surface area contributed by atoms with Crippen LogP contribution in [0, 0.1) is 11.8 Å². The summed E-state index contributed by atoms with van der Waals surface area (Å²) in [4.78, 5) is 30.6. The quantitative estimate of drug-likeness (QED) is 0.403. The molecule has 3 fully saturated rings. The van der Waals surface area contributed by atoms with E-state index in [4.69, 9.17) is 0 Å². The van der Waals surface area contributed by atoms with Crippen molar-refractivity contribution in [1.29, 1.82) is 0 Å². The summed E-state index contributed by atoms with van der Waals surface area (Å²) < 4.78 is 0. The van der Waals surface area contributed by atoms with Crippen LogP contribution in [0.4, 0.5) is 0 Å². The van der Waals surface area contributed by atoms with Crippen LogP contribution in [-0.2, 0) is 9.59 Å². The number of nitrogens with zero attached hydrogens (tertiary/aromatic N) is 2. The van der Waals surface area contributed by atoms with Crippen LogP contribution in [0.25, 0.3) is 0 Å². The maximum Gasteiger partial charge on any atom is 0.239 e. The average Bonchev–Trinajstić information content (AvgIpc) is 3.38. The predicted octanol–water partition coefficient (Wildman–Crippen LogP) is 2.35. The molecule has 0 spiro atoms. The largest absolute Gasteiger partial charge is 0.390 e. The average molecular weight is 503 g/mol. The molecule has 1 aromatic rings. The lowest BCUT2D eigenvalue weighted by Crippen LogP contribution is -2.53. The third kappa shape index (κ3) is 8.48. The minimum absolute atomic E-state index is 0.0562. The zero-order valence-corrected chi connectivity index (χ0v) is 21.7. The molecule has 2 amide bonds. The molecule has 3 aliphatic rings. The third-order valence-corrected chi connectivity index (χ3v) is 8.95. The molecular formula is C27H42N4O3S. The van der Waals surface area contributed by atoms with E-state index < -0.39 is 6.10 Å². The second kappa shape index (κ2) is 13.6. The molecule has 35 heavy (non-hydrogen) atoms. The number of likely N-dealkylation sites (tertiary alicyclic amines) is 2. The Bertz CT molecular complexity index is 805. The SMILES string of the molecule is O=C(CN1CCCC1)NCC(=O)N[C@@H](CSc1ccccc1)[C@H](O)CN1CC[C@@H]2CCCC[C@@H]2C1. The number of piperidine rings is 1. The van der Waals surface area contributed by atoms with Gasteiger partial charge in [-0.15, -0.1) is 11.8 Å². The normalized spacial score (nSPS) is 24.9. The maximum atomic E-state index is 12.7. The van der Waals surface area contributed by atoms with Gasteiger partial charge in [-0.2, -0.15) is 0 Å². The first-order chi connectivity index (χ1) is 17.1. The van der Waals surface area contributed by atoms with Gasteiger partial charge in [0, 0.05) is 23.7 Å². The van der Waals surface area contributed by atoms with E-state index in [1.54, 1.807) is 11.8 Å². The van der Waals surface area contributed by atoms with E-state index in [0.717, 1.165) is 55.8 Å². The molecule has 7 nitrogen and oxygen atoms in total. The summed E-state index contributed by atoms with van der Waals surface area (Å²) in [6.07, 6.45) is 8.17. The van der Waals surface area contributed by atoms with Gasteiger partial charge in [0.05, 0.1) is 25.2 Å². The molecule has 3 N–H and O–H groups in total. The number of nitrogens with one attached hydrogen (secondary N) is 2. The van der Waals surface area contributed by atoms with E-state index in [9.17, 15) is 14.7 Å². The van der Waals surface area contributed by atoms with Crippen LogP contribution in [0.5, 0.6) is 0 Å². The Labute approximate surface area is 214 Å². The van der Waals surface area contributed by atoms with Gasteiger partial charge in [0.1, 0.15) is 0 Å². The first-order valence-electron chi connectivity index (χ1n) is 13.4. The van der Waals surface area contributed by atoms with Gasteiger partial charge in [0.25, 0.3) is 0 Å². The first-order valence-corrected chi connectivity index (χ1v) is 14.4. The Morgan fingerprint density at radius 1 is 0.943 bits per heavy atom. The second-order valence-electron chi connectivity index (χ2n) is 10.5. The van der Waals surface area contributed by atoms with Crippen molar-refractivity contribution in [3.05, 3.63) is 30.3 Å². The molecule has 0 aromatic heterocycles. The minimum atomic E-state index is -0.657. The van der Waals surface area contributed by atoms with Crippen LogP contribution in [0.15, 0.2) is 35.2 Å². The summed E-state index contributed by atoms with van der Waals surface area (Å²) >= 11 is 1.64. The highest BCUT2D eigenvalue weighted by Crippen LogP contribution is 2.36. The van der Waals surface area contributed by atoms with E-state index >= 15 is 0 Å². The summed E-state index contributed by atoms with van der Waals surface area (Å²) in [5.41, 5.74) is 0. The summed E-state index contributed by atoms with van der Waals surface area (Å²) in [5.74, 6) is 1.82. The van der Waals surface area contributed by atoms with E-state index in [-0.39, 0.29) is 24.4 Å². The van der Waals surface area contributed by atoms with Gasteiger partial charge in [0.2, 0.25) is 11.8 Å². The number of hydrogen-bond donors (Lipinski definition) is 3. The van der Waals surface area contributed by atoms with Gasteiger partial charge in [0.15, 0.2) is 0 Å². The van der Waals surface area contributed by atoms with Crippen LogP contribution in [0.2, 0.25) is 0 Å². The fourth-order valence-corrected chi connectivity index (χ4v) is 6.85. The number of aliphatic hydroxyl groups excluding tert-OH is 1. The van der Waals surface area contributed by atoms with Crippen molar-refractivity contribution in [1.82, 2.24) is 20.4 Å². The Morgan fingerprint density at radius 3 is 2.46 bits per heavy atom. The predicted molar refractivity (Wildman–Crippen MR) is 140 cm³/mol. The first kappa shape index (κ1) is 26.5. The number of aliphatic hydroxyl groups is 1. The molecule has 1 aromatic carbocycles. The van der Waals surface area contributed by atoms with Crippen molar-refractivity contribution in [3.8, 4) is 0 Å². The number of carbonyl (C=O) groups excluding carboxylic acids is 2. The maximum absolute atomic E-state index is 12.7. The fourth-order valence-electron chi connectivity index (χ4n) is 5.82. The zero-order valence-electron chi connectivity index (χ0n) is 20.9. The van der Waals surface area contributed by atoms with Gasteiger partial charge in [-0.3, -0.25) is 14.5 Å². The van der Waals surface area contributed by atoms with Gasteiger partial charge < -0.3 is 20.6 Å². The van der Waals surface area contributed by atoms with Crippen LogP contribution in [0.1, 0.15) is 44.9 Å². The third-order valence-electron chi connectivity index (χ3n) is 7.82. The number of amides is 2. The fraction of sp³-hybridized carbons (Fsp3) is 0.704. The summed E-state index contributed by atoms with van der Waals surface area (Å²) in [5, 5.41) is 17.0. The van der Waals surface area contributed by atoms with Gasteiger partial charge >= 0.3 is 0 Å². The number of carbonyl (C=O) groups is 2. The number of hydrogen-bond acceptors (Lipinski definition) is 6. The van der Waals surface area contributed by atoms with Gasteiger partial charge in [-0.1, -0.05) is 37.5 Å². The Hall–Kier alpha value is -1.61. The molecule has 2 saturated heterocycles. The molecule has 4 atom stereocenters. The minimum Gasteiger partial charge on any atom is -0.390 e. The van der Waals surface area contributed by atoms with Crippen molar-refractivity contribution in [3.63, 3.8) is 0 Å². The lowest BCUT2D eigenvalue weighted by molar-refractivity contribution is -0.127. The molecule has 1 aliphatic carbocycles. The molecule has 2 heterocycles. The van der Waals surface area contributed by atoms with E-state index in [2.05, 4.69) is 20.4 Å². The van der Waals surface area contributed by atoms with Crippen molar-refractivity contribution >= 4 is 23.6 Å². The summed E-state index contributed by atoms with van der Waals surface area (Å²) in [6, 6.07) is 9.68. The monoisotopic (exact) mass is 502 g/mol. The molecule has 2 aliphatic heterocycles. The van der Waals surface area contributed by atoms with Crippen molar-refractivity contribution < 1.29 is 14.7 Å². The molecule has 0 bridgehead atoms. The topological polar surface area (TPSA) is 84.9 Å². The number of benzene rings is 1. The molecule has 0 unspecified atom stereocenters. The number of β-amino-alcohol motifs (C(OH)–C–C–N with tert-alkyl or cyclic N) is 1. The lowest BCUT2D eigenvalue weighted by Gasteiger charge is -2.42. The van der Waals surface area contributed by atoms with Crippen LogP contribution in [-0.4, -0.2) is 90.4 Å². The summed E-state index contributed by atoms with van der Waals surface area (Å²) in [7, 11) is 0. The van der Waals surface area contributed by atoms with Crippen molar-refractivity contribution in [2.45, 2.75) is 62.0 Å². The van der Waals surface area contributed by atoms with Gasteiger partial charge in [-0.25, -0.2) is 0 Å². The Kier molecular flexibility index (Phi) is 10.3. The van der Waals surface area contributed by atoms with E-state index in [1.165, 1.54) is 32.1 Å². The highest BCUT2D eigenvalue weighted by Gasteiger charge is 2.33. The standard InChI is InChI=1S/C27H42N4O3S/c32-25(18-31-15-12-21-8-4-5-9-22(21)17-31)24(20-35-23-10-2-1-3-11-23)29-26(33)16-28-27(34)19-30-13-6-7-14-30/h1-3,10-11,21-22,24-25,32H,4-9,12-20H2,(H,28,34)(H,29,33)/t21-,22+,24-,25+/m0/s1. The molecule has 194 valence electrons. The number of rotatable bonds is 11. The van der Waals surface area contributed by atoms with E-state index in [0.29, 0.717) is 18.8 Å². The second-order valence-corrected chi connectivity index (χ2v) is 11.6. The molecule has 1 saturated carbocycles. The number of fused-ring (bicyclic) bond motifs is 1. The van der Waals surface area contributed by atoms with Crippen molar-refractivity contribution in [2.24, 2.45) is 11.8 Å². The highest BCUT2D eigenvalue weighted by molar-refractivity contribution is 7.99. The van der Waals surface area contributed by atoms with Gasteiger partial charge in [-0.05, 0) is 69.3 Å².